The van der Waals surface area contributed by atoms with Crippen molar-refractivity contribution in [2.75, 3.05) is 6.54 Å². The maximum atomic E-state index is 4.38. The molecule has 0 spiro atoms. The number of aromatic nitrogens is 1. The molecule has 0 saturated heterocycles. The maximum Gasteiger partial charge on any atom is 0.0372 e. The van der Waals surface area contributed by atoms with Crippen molar-refractivity contribution in [3.63, 3.8) is 0 Å². The van der Waals surface area contributed by atoms with Crippen LogP contribution in [-0.2, 0) is 0 Å². The highest BCUT2D eigenvalue weighted by atomic mass is 14.9. The minimum Gasteiger partial charge on any atom is -0.310 e. The van der Waals surface area contributed by atoms with Gasteiger partial charge in [0.25, 0.3) is 0 Å². The molecule has 2 atom stereocenters. The van der Waals surface area contributed by atoms with Crippen LogP contribution in [0.5, 0.6) is 0 Å². The second kappa shape index (κ2) is 6.64. The van der Waals surface area contributed by atoms with Gasteiger partial charge in [-0.3, -0.25) is 4.98 Å². The van der Waals surface area contributed by atoms with E-state index in [1.165, 1.54) is 18.4 Å². The Morgan fingerprint density at radius 2 is 2.06 bits per heavy atom. The largest absolute Gasteiger partial charge is 0.310 e. The molecular weight excluding hydrogens is 196 g/mol. The van der Waals surface area contributed by atoms with Gasteiger partial charge in [-0.25, -0.2) is 0 Å². The van der Waals surface area contributed by atoms with Gasteiger partial charge in [0.2, 0.25) is 0 Å². The summed E-state index contributed by atoms with van der Waals surface area (Å²) in [6.45, 7) is 9.85. The van der Waals surface area contributed by atoms with Crippen molar-refractivity contribution in [3.8, 4) is 0 Å². The Balaban J connectivity index is 2.78. The summed E-state index contributed by atoms with van der Waals surface area (Å²) in [4.78, 5) is 4.38. The Hall–Kier alpha value is -0.890. The van der Waals surface area contributed by atoms with Gasteiger partial charge < -0.3 is 5.32 Å². The molecule has 0 fully saturated rings. The van der Waals surface area contributed by atoms with Gasteiger partial charge in [-0.15, -0.1) is 0 Å². The molecule has 1 aromatic rings. The van der Waals surface area contributed by atoms with Crippen molar-refractivity contribution in [3.05, 3.63) is 29.6 Å². The molecule has 1 rings (SSSR count). The average Bonchev–Trinajstić information content (AvgIpc) is 2.31. The fraction of sp³-hybridized carbons (Fsp3) is 0.643. The van der Waals surface area contributed by atoms with Crippen LogP contribution < -0.4 is 5.32 Å². The molecule has 0 radical (unpaired) electrons. The van der Waals surface area contributed by atoms with Crippen LogP contribution in [0.15, 0.2) is 18.3 Å². The van der Waals surface area contributed by atoms with Gasteiger partial charge in [-0.05, 0) is 37.4 Å². The standard InChI is InChI=1S/C14H24N2/c1-5-9-15-14(11(3)6-2)13-8-7-12(4)16-10-13/h7-8,10-11,14-15H,5-6,9H2,1-4H3. The molecule has 2 nitrogen and oxygen atoms in total. The number of hydrogen-bond acceptors (Lipinski definition) is 2. The summed E-state index contributed by atoms with van der Waals surface area (Å²) in [5, 5.41) is 3.62. The highest BCUT2D eigenvalue weighted by molar-refractivity contribution is 5.17. The van der Waals surface area contributed by atoms with E-state index in [1.54, 1.807) is 0 Å². The van der Waals surface area contributed by atoms with Crippen LogP contribution in [0.25, 0.3) is 0 Å². The van der Waals surface area contributed by atoms with E-state index in [2.05, 4.69) is 43.2 Å². The van der Waals surface area contributed by atoms with E-state index < -0.39 is 0 Å². The van der Waals surface area contributed by atoms with Crippen LogP contribution in [-0.4, -0.2) is 11.5 Å². The van der Waals surface area contributed by atoms with E-state index in [4.69, 9.17) is 0 Å². The third-order valence-corrected chi connectivity index (χ3v) is 3.12. The molecule has 1 aromatic heterocycles. The third kappa shape index (κ3) is 3.60. The average molecular weight is 220 g/mol. The first-order valence-electron chi connectivity index (χ1n) is 6.35. The topological polar surface area (TPSA) is 24.9 Å². The lowest BCUT2D eigenvalue weighted by Gasteiger charge is -2.24. The van der Waals surface area contributed by atoms with Gasteiger partial charge in [0, 0.05) is 17.9 Å². The van der Waals surface area contributed by atoms with Crippen molar-refractivity contribution in [1.29, 1.82) is 0 Å². The summed E-state index contributed by atoms with van der Waals surface area (Å²) >= 11 is 0. The van der Waals surface area contributed by atoms with Crippen LogP contribution in [0.4, 0.5) is 0 Å². The van der Waals surface area contributed by atoms with Crippen LogP contribution in [0.3, 0.4) is 0 Å². The Bertz CT molecular complexity index is 292. The minimum absolute atomic E-state index is 0.443. The summed E-state index contributed by atoms with van der Waals surface area (Å²) < 4.78 is 0. The molecule has 0 aromatic carbocycles. The van der Waals surface area contributed by atoms with Crippen LogP contribution in [0, 0.1) is 12.8 Å². The first kappa shape index (κ1) is 13.2. The number of aryl methyl sites for hydroxylation is 1. The smallest absolute Gasteiger partial charge is 0.0372 e. The lowest BCUT2D eigenvalue weighted by molar-refractivity contribution is 0.376. The van der Waals surface area contributed by atoms with Crippen LogP contribution in [0.2, 0.25) is 0 Å². The Labute approximate surface area is 99.5 Å². The number of hydrogen-bond donors (Lipinski definition) is 1. The van der Waals surface area contributed by atoms with Crippen LogP contribution >= 0.6 is 0 Å². The highest BCUT2D eigenvalue weighted by Gasteiger charge is 2.16. The van der Waals surface area contributed by atoms with E-state index in [0.29, 0.717) is 12.0 Å². The van der Waals surface area contributed by atoms with E-state index in [-0.39, 0.29) is 0 Å². The highest BCUT2D eigenvalue weighted by Crippen LogP contribution is 2.23. The second-order valence-electron chi connectivity index (χ2n) is 4.55. The zero-order valence-electron chi connectivity index (χ0n) is 11.0. The number of pyridine rings is 1. The lowest BCUT2D eigenvalue weighted by Crippen LogP contribution is -2.27. The zero-order chi connectivity index (χ0) is 12.0. The quantitative estimate of drug-likeness (QED) is 0.794. The molecular formula is C14H24N2. The van der Waals surface area contributed by atoms with E-state index >= 15 is 0 Å². The zero-order valence-corrected chi connectivity index (χ0v) is 11.0. The number of nitrogens with zero attached hydrogens (tertiary/aromatic N) is 1. The summed E-state index contributed by atoms with van der Waals surface area (Å²) in [5.41, 5.74) is 2.40. The number of nitrogens with one attached hydrogen (secondary N) is 1. The molecule has 2 heteroatoms. The van der Waals surface area contributed by atoms with Gasteiger partial charge in [0.15, 0.2) is 0 Å². The fourth-order valence-corrected chi connectivity index (χ4v) is 1.85. The van der Waals surface area contributed by atoms with Crippen molar-refractivity contribution in [2.45, 2.75) is 46.6 Å². The molecule has 1 N–H and O–H groups in total. The predicted molar refractivity (Wildman–Crippen MR) is 69.5 cm³/mol. The SMILES string of the molecule is CCCNC(c1ccc(C)nc1)C(C)CC. The lowest BCUT2D eigenvalue weighted by atomic mass is 9.93. The minimum atomic E-state index is 0.443. The van der Waals surface area contributed by atoms with Crippen molar-refractivity contribution in [2.24, 2.45) is 5.92 Å². The van der Waals surface area contributed by atoms with Crippen molar-refractivity contribution in [1.82, 2.24) is 10.3 Å². The molecule has 0 saturated carbocycles. The molecule has 0 aliphatic carbocycles. The van der Waals surface area contributed by atoms with Gasteiger partial charge >= 0.3 is 0 Å². The monoisotopic (exact) mass is 220 g/mol. The molecule has 0 amide bonds. The molecule has 90 valence electrons. The molecule has 2 unspecified atom stereocenters. The second-order valence-corrected chi connectivity index (χ2v) is 4.55. The Kier molecular flexibility index (Phi) is 5.47. The maximum absolute atomic E-state index is 4.38. The fourth-order valence-electron chi connectivity index (χ4n) is 1.85. The number of rotatable bonds is 6. The normalized spacial score (nSPS) is 14.8. The van der Waals surface area contributed by atoms with Gasteiger partial charge in [-0.1, -0.05) is 33.3 Å². The summed E-state index contributed by atoms with van der Waals surface area (Å²) in [6.07, 6.45) is 4.37. The first-order valence-corrected chi connectivity index (χ1v) is 6.35. The third-order valence-electron chi connectivity index (χ3n) is 3.12. The Morgan fingerprint density at radius 3 is 2.56 bits per heavy atom. The molecule has 1 heterocycles. The molecule has 0 bridgehead atoms. The summed E-state index contributed by atoms with van der Waals surface area (Å²) in [5.74, 6) is 0.649. The van der Waals surface area contributed by atoms with Crippen molar-refractivity contribution >= 4 is 0 Å². The van der Waals surface area contributed by atoms with Gasteiger partial charge in [-0.2, -0.15) is 0 Å². The van der Waals surface area contributed by atoms with E-state index in [0.717, 1.165) is 12.2 Å². The van der Waals surface area contributed by atoms with Crippen molar-refractivity contribution < 1.29 is 0 Å². The van der Waals surface area contributed by atoms with Crippen LogP contribution in [0.1, 0.15) is 50.9 Å². The van der Waals surface area contributed by atoms with Gasteiger partial charge in [0.1, 0.15) is 0 Å². The summed E-state index contributed by atoms with van der Waals surface area (Å²) in [7, 11) is 0. The molecule has 0 aliphatic heterocycles. The summed E-state index contributed by atoms with van der Waals surface area (Å²) in [6, 6.07) is 4.73. The van der Waals surface area contributed by atoms with E-state index in [9.17, 15) is 0 Å². The van der Waals surface area contributed by atoms with E-state index in [1.807, 2.05) is 13.1 Å². The predicted octanol–water partition coefficient (Wildman–Crippen LogP) is 3.48. The first-order chi connectivity index (χ1) is 7.69. The van der Waals surface area contributed by atoms with Gasteiger partial charge in [0.05, 0.1) is 0 Å². The Morgan fingerprint density at radius 1 is 1.31 bits per heavy atom. The molecule has 0 aliphatic rings. The molecule has 16 heavy (non-hydrogen) atoms.